The molecule has 0 unspecified atom stereocenters. The van der Waals surface area contributed by atoms with Crippen LogP contribution in [0.1, 0.15) is 11.1 Å². The molecule has 5 nitrogen and oxygen atoms in total. The van der Waals surface area contributed by atoms with E-state index in [0.717, 1.165) is 5.56 Å². The van der Waals surface area contributed by atoms with Gasteiger partial charge in [0.1, 0.15) is 5.75 Å². The third-order valence-electron chi connectivity index (χ3n) is 2.37. The monoisotopic (exact) mass is 253 g/mol. The standard InChI is InChI=1S/C13H19NO4/c1-10-3-4-12(11(7-10)8-15)18-9-13(16)14-5-6-17-2/h3-4,7,15H,5-6,8-9H2,1-2H3,(H,14,16). The molecule has 0 atom stereocenters. The Morgan fingerprint density at radius 3 is 2.89 bits per heavy atom. The first-order valence-electron chi connectivity index (χ1n) is 5.76. The molecule has 0 saturated heterocycles. The van der Waals surface area contributed by atoms with Gasteiger partial charge in [0.25, 0.3) is 5.91 Å². The fourth-order valence-electron chi connectivity index (χ4n) is 1.46. The van der Waals surface area contributed by atoms with Crippen molar-refractivity contribution in [1.82, 2.24) is 5.32 Å². The van der Waals surface area contributed by atoms with Crippen LogP contribution in [0.25, 0.3) is 0 Å². The Morgan fingerprint density at radius 2 is 2.22 bits per heavy atom. The molecular weight excluding hydrogens is 234 g/mol. The molecule has 0 saturated carbocycles. The summed E-state index contributed by atoms with van der Waals surface area (Å²) in [6.07, 6.45) is 0. The number of carbonyl (C=O) groups is 1. The third kappa shape index (κ3) is 4.73. The van der Waals surface area contributed by atoms with Gasteiger partial charge in [0.2, 0.25) is 0 Å². The van der Waals surface area contributed by atoms with E-state index in [0.29, 0.717) is 24.5 Å². The highest BCUT2D eigenvalue weighted by atomic mass is 16.5. The second kappa shape index (κ2) is 7.68. The van der Waals surface area contributed by atoms with Crippen LogP contribution in [0.3, 0.4) is 0 Å². The van der Waals surface area contributed by atoms with Crippen molar-refractivity contribution in [2.24, 2.45) is 0 Å². The Morgan fingerprint density at radius 1 is 1.44 bits per heavy atom. The Bertz CT molecular complexity index is 393. The number of methoxy groups -OCH3 is 1. The molecule has 1 aromatic carbocycles. The first kappa shape index (κ1) is 14.5. The van der Waals surface area contributed by atoms with Gasteiger partial charge in [0, 0.05) is 19.2 Å². The summed E-state index contributed by atoms with van der Waals surface area (Å²) in [5.74, 6) is 0.321. The predicted molar refractivity (Wildman–Crippen MR) is 67.5 cm³/mol. The fourth-order valence-corrected chi connectivity index (χ4v) is 1.46. The lowest BCUT2D eigenvalue weighted by Crippen LogP contribution is -2.31. The molecule has 0 heterocycles. The van der Waals surface area contributed by atoms with Crippen molar-refractivity contribution < 1.29 is 19.4 Å². The van der Waals surface area contributed by atoms with E-state index in [2.05, 4.69) is 5.32 Å². The van der Waals surface area contributed by atoms with Crippen molar-refractivity contribution >= 4 is 5.91 Å². The molecule has 1 aromatic rings. The lowest BCUT2D eigenvalue weighted by Gasteiger charge is -2.11. The molecule has 2 N–H and O–H groups in total. The van der Waals surface area contributed by atoms with Gasteiger partial charge < -0.3 is 19.9 Å². The molecule has 0 aliphatic rings. The van der Waals surface area contributed by atoms with Crippen LogP contribution in [0.4, 0.5) is 0 Å². The van der Waals surface area contributed by atoms with Crippen LogP contribution < -0.4 is 10.1 Å². The van der Waals surface area contributed by atoms with E-state index in [1.165, 1.54) is 0 Å². The van der Waals surface area contributed by atoms with Crippen molar-refractivity contribution in [3.05, 3.63) is 29.3 Å². The lowest BCUT2D eigenvalue weighted by molar-refractivity contribution is -0.123. The second-order valence-electron chi connectivity index (χ2n) is 3.90. The highest BCUT2D eigenvalue weighted by Crippen LogP contribution is 2.19. The first-order chi connectivity index (χ1) is 8.67. The maximum atomic E-state index is 11.4. The maximum absolute atomic E-state index is 11.4. The Kier molecular flexibility index (Phi) is 6.18. The zero-order chi connectivity index (χ0) is 13.4. The van der Waals surface area contributed by atoms with Crippen LogP contribution in [0.5, 0.6) is 5.75 Å². The van der Waals surface area contributed by atoms with Gasteiger partial charge in [-0.15, -0.1) is 0 Å². The average molecular weight is 253 g/mol. The third-order valence-corrected chi connectivity index (χ3v) is 2.37. The zero-order valence-electron chi connectivity index (χ0n) is 10.7. The number of aryl methyl sites for hydroxylation is 1. The van der Waals surface area contributed by atoms with Gasteiger partial charge in [0.05, 0.1) is 13.2 Å². The van der Waals surface area contributed by atoms with Crippen molar-refractivity contribution in [2.45, 2.75) is 13.5 Å². The van der Waals surface area contributed by atoms with Gasteiger partial charge in [-0.1, -0.05) is 17.7 Å². The highest BCUT2D eigenvalue weighted by Gasteiger charge is 2.06. The number of carbonyl (C=O) groups excluding carboxylic acids is 1. The van der Waals surface area contributed by atoms with Gasteiger partial charge in [0.15, 0.2) is 6.61 Å². The fraction of sp³-hybridized carbons (Fsp3) is 0.462. The van der Waals surface area contributed by atoms with Gasteiger partial charge in [-0.2, -0.15) is 0 Å². The number of aliphatic hydroxyl groups is 1. The van der Waals surface area contributed by atoms with Crippen LogP contribution in [0.15, 0.2) is 18.2 Å². The van der Waals surface area contributed by atoms with Crippen LogP contribution in [-0.2, 0) is 16.1 Å². The van der Waals surface area contributed by atoms with E-state index < -0.39 is 0 Å². The average Bonchev–Trinajstić information content (AvgIpc) is 2.37. The number of hydrogen-bond donors (Lipinski definition) is 2. The zero-order valence-corrected chi connectivity index (χ0v) is 10.7. The topological polar surface area (TPSA) is 67.8 Å². The van der Waals surface area contributed by atoms with Crippen molar-refractivity contribution in [1.29, 1.82) is 0 Å². The molecule has 100 valence electrons. The van der Waals surface area contributed by atoms with E-state index in [9.17, 15) is 9.90 Å². The van der Waals surface area contributed by atoms with Gasteiger partial charge in [-0.25, -0.2) is 0 Å². The second-order valence-corrected chi connectivity index (χ2v) is 3.90. The number of amides is 1. The minimum absolute atomic E-state index is 0.0697. The Balaban J connectivity index is 2.45. The SMILES string of the molecule is COCCNC(=O)COc1ccc(C)cc1CO. The van der Waals surface area contributed by atoms with Gasteiger partial charge >= 0.3 is 0 Å². The molecule has 0 radical (unpaired) electrons. The van der Waals surface area contributed by atoms with Crippen molar-refractivity contribution in [2.75, 3.05) is 26.9 Å². The number of aliphatic hydroxyl groups excluding tert-OH is 1. The van der Waals surface area contributed by atoms with E-state index >= 15 is 0 Å². The maximum Gasteiger partial charge on any atom is 0.258 e. The van der Waals surface area contributed by atoms with Crippen LogP contribution in [-0.4, -0.2) is 37.9 Å². The summed E-state index contributed by atoms with van der Waals surface area (Å²) < 4.78 is 10.2. The molecule has 18 heavy (non-hydrogen) atoms. The minimum atomic E-state index is -0.212. The minimum Gasteiger partial charge on any atom is -0.483 e. The normalized spacial score (nSPS) is 10.2. The number of hydrogen-bond acceptors (Lipinski definition) is 4. The predicted octanol–water partition coefficient (Wildman–Crippen LogP) is 0.629. The van der Waals surface area contributed by atoms with Gasteiger partial charge in [-0.3, -0.25) is 4.79 Å². The molecule has 1 amide bonds. The smallest absolute Gasteiger partial charge is 0.258 e. The molecular formula is C13H19NO4. The summed E-state index contributed by atoms with van der Waals surface area (Å²) in [7, 11) is 1.57. The summed E-state index contributed by atoms with van der Waals surface area (Å²) >= 11 is 0. The van der Waals surface area contributed by atoms with E-state index in [-0.39, 0.29) is 19.1 Å². The highest BCUT2D eigenvalue weighted by molar-refractivity contribution is 5.77. The summed E-state index contributed by atoms with van der Waals surface area (Å²) in [5, 5.41) is 11.8. The molecule has 0 fully saturated rings. The van der Waals surface area contributed by atoms with Crippen LogP contribution in [0, 0.1) is 6.92 Å². The number of nitrogens with one attached hydrogen (secondary N) is 1. The largest absolute Gasteiger partial charge is 0.483 e. The van der Waals surface area contributed by atoms with Gasteiger partial charge in [-0.05, 0) is 13.0 Å². The summed E-state index contributed by atoms with van der Waals surface area (Å²) in [5.41, 5.74) is 1.72. The Hall–Kier alpha value is -1.59. The summed E-state index contributed by atoms with van der Waals surface area (Å²) in [6.45, 7) is 2.68. The summed E-state index contributed by atoms with van der Waals surface area (Å²) in [6, 6.07) is 5.46. The number of rotatable bonds is 7. The first-order valence-corrected chi connectivity index (χ1v) is 5.76. The molecule has 0 aliphatic heterocycles. The van der Waals surface area contributed by atoms with E-state index in [1.54, 1.807) is 13.2 Å². The molecule has 0 aromatic heterocycles. The van der Waals surface area contributed by atoms with Crippen LogP contribution >= 0.6 is 0 Å². The van der Waals surface area contributed by atoms with E-state index in [4.69, 9.17) is 9.47 Å². The quantitative estimate of drug-likeness (QED) is 0.699. The molecule has 5 heteroatoms. The number of benzene rings is 1. The Labute approximate surface area is 107 Å². The molecule has 0 spiro atoms. The molecule has 0 bridgehead atoms. The lowest BCUT2D eigenvalue weighted by atomic mass is 10.1. The van der Waals surface area contributed by atoms with Crippen molar-refractivity contribution in [3.8, 4) is 5.75 Å². The van der Waals surface area contributed by atoms with Crippen LogP contribution in [0.2, 0.25) is 0 Å². The van der Waals surface area contributed by atoms with E-state index in [1.807, 2.05) is 19.1 Å². The number of ether oxygens (including phenoxy) is 2. The molecule has 0 aliphatic carbocycles. The van der Waals surface area contributed by atoms with Crippen molar-refractivity contribution in [3.63, 3.8) is 0 Å². The summed E-state index contributed by atoms with van der Waals surface area (Å²) in [4.78, 5) is 11.4. The molecule has 1 rings (SSSR count).